The molecule has 2 aromatic carbocycles. The van der Waals surface area contributed by atoms with E-state index < -0.39 is 11.7 Å². The molecule has 0 saturated carbocycles. The Labute approximate surface area is 222 Å². The van der Waals surface area contributed by atoms with Crippen LogP contribution in [0.15, 0.2) is 47.8 Å². The molecule has 0 N–H and O–H groups in total. The molecular formula is C27H27F3N4O3S. The first-order valence-electron chi connectivity index (χ1n) is 12.7. The molecule has 6 rings (SSSR count). The Morgan fingerprint density at radius 1 is 0.895 bits per heavy atom. The molecule has 7 nitrogen and oxygen atoms in total. The van der Waals surface area contributed by atoms with Gasteiger partial charge in [0.2, 0.25) is 6.79 Å². The summed E-state index contributed by atoms with van der Waals surface area (Å²) in [6.07, 6.45) is -2.48. The minimum Gasteiger partial charge on any atom is -0.454 e. The fourth-order valence-electron chi connectivity index (χ4n) is 5.25. The summed E-state index contributed by atoms with van der Waals surface area (Å²) in [4.78, 5) is 23.8. The first-order valence-corrected chi connectivity index (χ1v) is 13.5. The number of ether oxygens (including phenoxy) is 2. The number of piperidine rings is 1. The standard InChI is InChI=1S/C27H27F3N4O3S/c28-27(29,30)19-2-1-3-20(14-19)33-10-12-34(13-11-33)26(35)22-16-38-25(31-22)18-6-8-32(9-7-18)21-4-5-23-24(15-21)37-17-36-23/h1-5,14-16,18H,6-13,17H2. The van der Waals surface area contributed by atoms with Crippen molar-refractivity contribution in [2.45, 2.75) is 24.9 Å². The van der Waals surface area contributed by atoms with E-state index in [-0.39, 0.29) is 12.7 Å². The van der Waals surface area contributed by atoms with Crippen LogP contribution in [0.25, 0.3) is 0 Å². The summed E-state index contributed by atoms with van der Waals surface area (Å²) in [5.74, 6) is 1.75. The molecule has 3 aliphatic rings. The van der Waals surface area contributed by atoms with Crippen molar-refractivity contribution in [3.8, 4) is 11.5 Å². The number of alkyl halides is 3. The lowest BCUT2D eigenvalue weighted by Crippen LogP contribution is -2.49. The molecule has 0 spiro atoms. The fourth-order valence-corrected chi connectivity index (χ4v) is 6.21. The molecule has 0 unspecified atom stereocenters. The van der Waals surface area contributed by atoms with Crippen LogP contribution in [-0.2, 0) is 6.18 Å². The summed E-state index contributed by atoms with van der Waals surface area (Å²) in [5.41, 5.74) is 1.43. The Bertz CT molecular complexity index is 1310. The van der Waals surface area contributed by atoms with Gasteiger partial charge in [0.15, 0.2) is 11.5 Å². The van der Waals surface area contributed by atoms with E-state index in [4.69, 9.17) is 14.5 Å². The Morgan fingerprint density at radius 2 is 1.61 bits per heavy atom. The number of hydrogen-bond acceptors (Lipinski definition) is 7. The lowest BCUT2D eigenvalue weighted by molar-refractivity contribution is -0.137. The van der Waals surface area contributed by atoms with Crippen LogP contribution in [0.1, 0.15) is 39.8 Å². The molecule has 1 aromatic heterocycles. The molecule has 3 aliphatic heterocycles. The van der Waals surface area contributed by atoms with E-state index in [2.05, 4.69) is 11.0 Å². The highest BCUT2D eigenvalue weighted by atomic mass is 32.1. The van der Waals surface area contributed by atoms with Gasteiger partial charge in [-0.1, -0.05) is 6.07 Å². The van der Waals surface area contributed by atoms with Crippen LogP contribution in [0.5, 0.6) is 11.5 Å². The lowest BCUT2D eigenvalue weighted by atomic mass is 9.97. The van der Waals surface area contributed by atoms with Crippen LogP contribution in [-0.4, -0.2) is 61.9 Å². The largest absolute Gasteiger partial charge is 0.454 e. The Morgan fingerprint density at radius 3 is 2.37 bits per heavy atom. The maximum atomic E-state index is 13.1. The number of piperazine rings is 1. The molecule has 11 heteroatoms. The van der Waals surface area contributed by atoms with Gasteiger partial charge in [0.25, 0.3) is 5.91 Å². The second-order valence-electron chi connectivity index (χ2n) is 9.70. The smallest absolute Gasteiger partial charge is 0.416 e. The number of rotatable bonds is 4. The van der Waals surface area contributed by atoms with Gasteiger partial charge in [0, 0.05) is 68.0 Å². The van der Waals surface area contributed by atoms with Gasteiger partial charge in [-0.15, -0.1) is 11.3 Å². The van der Waals surface area contributed by atoms with Gasteiger partial charge < -0.3 is 24.2 Å². The van der Waals surface area contributed by atoms with Crippen molar-refractivity contribution in [3.63, 3.8) is 0 Å². The van der Waals surface area contributed by atoms with Crippen LogP contribution in [0.3, 0.4) is 0 Å². The quantitative estimate of drug-likeness (QED) is 0.448. The third kappa shape index (κ3) is 4.99. The average molecular weight is 545 g/mol. The molecule has 2 saturated heterocycles. The number of anilines is 2. The molecule has 1 amide bonds. The van der Waals surface area contributed by atoms with Gasteiger partial charge in [-0.2, -0.15) is 13.2 Å². The van der Waals surface area contributed by atoms with Crippen molar-refractivity contribution >= 4 is 28.6 Å². The molecule has 4 heterocycles. The van der Waals surface area contributed by atoms with Crippen LogP contribution in [0.4, 0.5) is 24.5 Å². The highest BCUT2D eigenvalue weighted by Gasteiger charge is 2.32. The first kappa shape index (κ1) is 24.8. The molecule has 0 atom stereocenters. The second kappa shape index (κ2) is 10.0. The first-order chi connectivity index (χ1) is 18.3. The number of benzene rings is 2. The molecule has 0 bridgehead atoms. The van der Waals surface area contributed by atoms with Gasteiger partial charge in [-0.25, -0.2) is 4.98 Å². The van der Waals surface area contributed by atoms with E-state index in [1.807, 2.05) is 22.4 Å². The topological polar surface area (TPSA) is 58.1 Å². The predicted molar refractivity (Wildman–Crippen MR) is 138 cm³/mol. The Kier molecular flexibility index (Phi) is 6.55. The highest BCUT2D eigenvalue weighted by molar-refractivity contribution is 7.09. The third-order valence-corrected chi connectivity index (χ3v) is 8.42. The van der Waals surface area contributed by atoms with Crippen molar-refractivity contribution in [1.82, 2.24) is 9.88 Å². The Balaban J connectivity index is 1.03. The van der Waals surface area contributed by atoms with E-state index >= 15 is 0 Å². The monoisotopic (exact) mass is 544 g/mol. The summed E-state index contributed by atoms with van der Waals surface area (Å²) < 4.78 is 50.1. The number of aromatic nitrogens is 1. The summed E-state index contributed by atoms with van der Waals surface area (Å²) in [6, 6.07) is 11.4. The normalized spacial score (nSPS) is 18.2. The van der Waals surface area contributed by atoms with Gasteiger partial charge in [0.1, 0.15) is 5.69 Å². The maximum absolute atomic E-state index is 13.1. The highest BCUT2D eigenvalue weighted by Crippen LogP contribution is 2.38. The number of carbonyl (C=O) groups is 1. The van der Waals surface area contributed by atoms with Crippen molar-refractivity contribution in [2.24, 2.45) is 0 Å². The minimum atomic E-state index is -4.38. The van der Waals surface area contributed by atoms with Crippen LogP contribution in [0.2, 0.25) is 0 Å². The number of amides is 1. The molecule has 38 heavy (non-hydrogen) atoms. The molecule has 0 radical (unpaired) electrons. The summed E-state index contributed by atoms with van der Waals surface area (Å²) in [7, 11) is 0. The van der Waals surface area contributed by atoms with Crippen molar-refractivity contribution in [2.75, 3.05) is 55.9 Å². The molecule has 200 valence electrons. The predicted octanol–water partition coefficient (Wildman–Crippen LogP) is 5.24. The van der Waals surface area contributed by atoms with Crippen molar-refractivity contribution in [3.05, 3.63) is 64.1 Å². The number of carbonyl (C=O) groups excluding carboxylic acids is 1. The van der Waals surface area contributed by atoms with E-state index in [1.54, 1.807) is 11.0 Å². The molecule has 0 aliphatic carbocycles. The van der Waals surface area contributed by atoms with E-state index in [0.717, 1.165) is 54.2 Å². The fraction of sp³-hybridized carbons (Fsp3) is 0.407. The van der Waals surface area contributed by atoms with Crippen LogP contribution in [0, 0.1) is 0 Å². The van der Waals surface area contributed by atoms with Gasteiger partial charge >= 0.3 is 6.18 Å². The molecular weight excluding hydrogens is 517 g/mol. The zero-order valence-corrected chi connectivity index (χ0v) is 21.4. The lowest BCUT2D eigenvalue weighted by Gasteiger charge is -2.36. The Hall–Kier alpha value is -3.47. The summed E-state index contributed by atoms with van der Waals surface area (Å²) >= 11 is 1.53. The van der Waals surface area contributed by atoms with Gasteiger partial charge in [0.05, 0.1) is 10.6 Å². The molecule has 2 fully saturated rings. The van der Waals surface area contributed by atoms with E-state index in [9.17, 15) is 18.0 Å². The van der Waals surface area contributed by atoms with Gasteiger partial charge in [-0.3, -0.25) is 4.79 Å². The average Bonchev–Trinajstić information content (AvgIpc) is 3.62. The number of halogens is 3. The zero-order valence-electron chi connectivity index (χ0n) is 20.6. The summed E-state index contributed by atoms with van der Waals surface area (Å²) in [5, 5.41) is 2.82. The van der Waals surface area contributed by atoms with Crippen LogP contribution >= 0.6 is 11.3 Å². The minimum absolute atomic E-state index is 0.117. The van der Waals surface area contributed by atoms with E-state index in [1.165, 1.54) is 23.5 Å². The van der Waals surface area contributed by atoms with E-state index in [0.29, 0.717) is 43.5 Å². The SMILES string of the molecule is O=C(c1csc(C2CCN(c3ccc4c(c3)OCO4)CC2)n1)N1CCN(c2cccc(C(F)(F)F)c2)CC1. The second-order valence-corrected chi connectivity index (χ2v) is 10.6. The van der Waals surface area contributed by atoms with Gasteiger partial charge in [-0.05, 0) is 43.2 Å². The number of fused-ring (bicyclic) bond motifs is 1. The number of nitrogens with zero attached hydrogens (tertiary/aromatic N) is 4. The zero-order chi connectivity index (χ0) is 26.3. The van der Waals surface area contributed by atoms with Crippen LogP contribution < -0.4 is 19.3 Å². The number of thiazole rings is 1. The number of hydrogen-bond donors (Lipinski definition) is 0. The van der Waals surface area contributed by atoms with Crippen molar-refractivity contribution in [1.29, 1.82) is 0 Å². The molecule has 3 aromatic rings. The summed E-state index contributed by atoms with van der Waals surface area (Å²) in [6.45, 7) is 3.88. The third-order valence-electron chi connectivity index (χ3n) is 7.41. The maximum Gasteiger partial charge on any atom is 0.416 e. The van der Waals surface area contributed by atoms with Crippen molar-refractivity contribution < 1.29 is 27.4 Å².